The van der Waals surface area contributed by atoms with Gasteiger partial charge >= 0.3 is 0 Å². The van der Waals surface area contributed by atoms with Crippen molar-refractivity contribution >= 4 is 29.9 Å². The van der Waals surface area contributed by atoms with Gasteiger partial charge in [-0.25, -0.2) is 0 Å². The number of aromatic nitrogens is 1. The molecule has 0 radical (unpaired) electrons. The third kappa shape index (κ3) is 9.92. The zero-order chi connectivity index (χ0) is 16.2. The number of nitrogens with zero attached hydrogens (tertiary/aromatic N) is 2. The summed E-state index contributed by atoms with van der Waals surface area (Å²) in [6.07, 6.45) is 7.08. The van der Waals surface area contributed by atoms with E-state index in [1.54, 1.807) is 12.4 Å². The first-order valence-corrected chi connectivity index (χ1v) is 8.51. The second-order valence-electron chi connectivity index (χ2n) is 5.60. The Hall–Kier alpha value is -1.09. The van der Waals surface area contributed by atoms with Crippen LogP contribution in [-0.4, -0.2) is 50.4 Å². The second kappa shape index (κ2) is 13.2. The Balaban J connectivity index is 0.00000288. The van der Waals surface area contributed by atoms with Gasteiger partial charge in [0.2, 0.25) is 0 Å². The highest BCUT2D eigenvalue weighted by Gasteiger charge is 2.20. The molecule has 1 saturated carbocycles. The van der Waals surface area contributed by atoms with Crippen molar-refractivity contribution in [3.05, 3.63) is 24.5 Å². The fraction of sp³-hybridized carbons (Fsp3) is 0.647. The Morgan fingerprint density at radius 2 is 2.21 bits per heavy atom. The van der Waals surface area contributed by atoms with Gasteiger partial charge in [0, 0.05) is 32.5 Å². The van der Waals surface area contributed by atoms with Crippen LogP contribution in [0.25, 0.3) is 0 Å². The van der Waals surface area contributed by atoms with Crippen molar-refractivity contribution in [1.82, 2.24) is 15.6 Å². The summed E-state index contributed by atoms with van der Waals surface area (Å²) in [7, 11) is 0. The standard InChI is InChI=1S/C17H28N4O2.HI/c1-2-19-17(20-9-4-11-22-14-15-6-7-15)21-10-12-23-16-5-3-8-18-13-16;/h3,5,8,13,15H,2,4,6-7,9-12,14H2,1H3,(H2,19,20,21);1H. The predicted molar refractivity (Wildman–Crippen MR) is 107 cm³/mol. The van der Waals surface area contributed by atoms with Crippen LogP contribution in [0.3, 0.4) is 0 Å². The first-order chi connectivity index (χ1) is 11.4. The first kappa shape index (κ1) is 21.0. The van der Waals surface area contributed by atoms with Gasteiger partial charge in [-0.15, -0.1) is 24.0 Å². The Kier molecular flexibility index (Phi) is 11.5. The maximum atomic E-state index is 5.61. The van der Waals surface area contributed by atoms with Crippen molar-refractivity contribution in [1.29, 1.82) is 0 Å². The molecule has 1 aliphatic rings. The number of ether oxygens (including phenoxy) is 2. The number of hydrogen-bond acceptors (Lipinski definition) is 4. The highest BCUT2D eigenvalue weighted by molar-refractivity contribution is 14.0. The Bertz CT molecular complexity index is 455. The monoisotopic (exact) mass is 448 g/mol. The SMILES string of the molecule is CCNC(=NCCCOCC1CC1)NCCOc1cccnc1.I. The zero-order valence-electron chi connectivity index (χ0n) is 14.4. The summed E-state index contributed by atoms with van der Waals surface area (Å²) in [5.41, 5.74) is 0. The molecule has 0 unspecified atom stereocenters. The molecule has 24 heavy (non-hydrogen) atoms. The maximum absolute atomic E-state index is 5.61. The summed E-state index contributed by atoms with van der Waals surface area (Å²) in [4.78, 5) is 8.55. The van der Waals surface area contributed by atoms with E-state index in [9.17, 15) is 0 Å². The molecule has 1 aliphatic carbocycles. The molecule has 1 aromatic rings. The molecule has 0 saturated heterocycles. The lowest BCUT2D eigenvalue weighted by Crippen LogP contribution is -2.39. The highest BCUT2D eigenvalue weighted by atomic mass is 127. The summed E-state index contributed by atoms with van der Waals surface area (Å²) in [5.74, 6) is 2.44. The van der Waals surface area contributed by atoms with Crippen LogP contribution in [0, 0.1) is 5.92 Å². The summed E-state index contributed by atoms with van der Waals surface area (Å²) in [6.45, 7) is 6.65. The number of nitrogens with one attached hydrogen (secondary N) is 2. The molecule has 2 N–H and O–H groups in total. The minimum absolute atomic E-state index is 0. The van der Waals surface area contributed by atoms with Gasteiger partial charge in [0.25, 0.3) is 0 Å². The van der Waals surface area contributed by atoms with Crippen LogP contribution in [0.1, 0.15) is 26.2 Å². The lowest BCUT2D eigenvalue weighted by molar-refractivity contribution is 0.123. The molecule has 0 bridgehead atoms. The minimum Gasteiger partial charge on any atom is -0.490 e. The minimum atomic E-state index is 0. The van der Waals surface area contributed by atoms with Crippen LogP contribution in [0.15, 0.2) is 29.5 Å². The Morgan fingerprint density at radius 1 is 1.33 bits per heavy atom. The van der Waals surface area contributed by atoms with Crippen LogP contribution in [0.5, 0.6) is 5.75 Å². The van der Waals surface area contributed by atoms with E-state index in [1.807, 2.05) is 12.1 Å². The second-order valence-corrected chi connectivity index (χ2v) is 5.60. The predicted octanol–water partition coefficient (Wildman–Crippen LogP) is 2.45. The zero-order valence-corrected chi connectivity index (χ0v) is 16.7. The van der Waals surface area contributed by atoms with Crippen LogP contribution in [-0.2, 0) is 4.74 Å². The van der Waals surface area contributed by atoms with E-state index >= 15 is 0 Å². The normalized spacial score (nSPS) is 14.0. The summed E-state index contributed by atoms with van der Waals surface area (Å²) in [5, 5.41) is 6.49. The molecule has 136 valence electrons. The van der Waals surface area contributed by atoms with E-state index in [0.717, 1.165) is 50.4 Å². The Morgan fingerprint density at radius 3 is 2.92 bits per heavy atom. The van der Waals surface area contributed by atoms with E-state index in [1.165, 1.54) is 12.8 Å². The maximum Gasteiger partial charge on any atom is 0.191 e. The average Bonchev–Trinajstić information content (AvgIpc) is 3.40. The van der Waals surface area contributed by atoms with E-state index < -0.39 is 0 Å². The summed E-state index contributed by atoms with van der Waals surface area (Å²) in [6, 6.07) is 3.76. The van der Waals surface area contributed by atoms with Crippen LogP contribution < -0.4 is 15.4 Å². The van der Waals surface area contributed by atoms with Crippen molar-refractivity contribution in [2.75, 3.05) is 39.5 Å². The van der Waals surface area contributed by atoms with Gasteiger partial charge in [-0.2, -0.15) is 0 Å². The molecular formula is C17H29IN4O2. The molecule has 7 heteroatoms. The van der Waals surface area contributed by atoms with Crippen LogP contribution >= 0.6 is 24.0 Å². The topological polar surface area (TPSA) is 67.8 Å². The van der Waals surface area contributed by atoms with E-state index in [2.05, 4.69) is 27.5 Å². The molecule has 1 heterocycles. The number of guanidine groups is 1. The fourth-order valence-corrected chi connectivity index (χ4v) is 2.00. The van der Waals surface area contributed by atoms with Crippen molar-refractivity contribution in [2.45, 2.75) is 26.2 Å². The van der Waals surface area contributed by atoms with E-state index in [4.69, 9.17) is 9.47 Å². The molecule has 0 atom stereocenters. The lowest BCUT2D eigenvalue weighted by atomic mass is 10.4. The van der Waals surface area contributed by atoms with Gasteiger partial charge in [0.1, 0.15) is 12.4 Å². The number of rotatable bonds is 11. The lowest BCUT2D eigenvalue weighted by Gasteiger charge is -2.12. The van der Waals surface area contributed by atoms with Crippen molar-refractivity contribution in [3.8, 4) is 5.75 Å². The van der Waals surface area contributed by atoms with Gasteiger partial charge in [0.05, 0.1) is 12.7 Å². The molecule has 0 spiro atoms. The Labute approximate surface area is 161 Å². The number of halogens is 1. The summed E-state index contributed by atoms with van der Waals surface area (Å²) >= 11 is 0. The smallest absolute Gasteiger partial charge is 0.191 e. The molecule has 6 nitrogen and oxygen atoms in total. The average molecular weight is 448 g/mol. The van der Waals surface area contributed by atoms with Gasteiger partial charge in [-0.05, 0) is 44.2 Å². The van der Waals surface area contributed by atoms with Crippen molar-refractivity contribution < 1.29 is 9.47 Å². The first-order valence-electron chi connectivity index (χ1n) is 8.51. The number of aliphatic imine (C=N–C) groups is 1. The van der Waals surface area contributed by atoms with Crippen molar-refractivity contribution in [3.63, 3.8) is 0 Å². The van der Waals surface area contributed by atoms with Gasteiger partial charge in [-0.3, -0.25) is 9.98 Å². The van der Waals surface area contributed by atoms with Crippen LogP contribution in [0.2, 0.25) is 0 Å². The van der Waals surface area contributed by atoms with E-state index in [-0.39, 0.29) is 24.0 Å². The van der Waals surface area contributed by atoms with Gasteiger partial charge in [0.15, 0.2) is 5.96 Å². The highest BCUT2D eigenvalue weighted by Crippen LogP contribution is 2.28. The van der Waals surface area contributed by atoms with Gasteiger partial charge in [-0.1, -0.05) is 0 Å². The van der Waals surface area contributed by atoms with Gasteiger partial charge < -0.3 is 20.1 Å². The third-order valence-electron chi connectivity index (χ3n) is 3.41. The largest absolute Gasteiger partial charge is 0.490 e. The molecule has 2 rings (SSSR count). The molecule has 1 fully saturated rings. The molecule has 0 aliphatic heterocycles. The van der Waals surface area contributed by atoms with Crippen molar-refractivity contribution in [2.24, 2.45) is 10.9 Å². The van der Waals surface area contributed by atoms with E-state index in [0.29, 0.717) is 13.2 Å². The number of pyridine rings is 1. The third-order valence-corrected chi connectivity index (χ3v) is 3.41. The molecular weight excluding hydrogens is 419 g/mol. The molecule has 0 aromatic carbocycles. The molecule has 1 aromatic heterocycles. The number of hydrogen-bond donors (Lipinski definition) is 2. The quantitative estimate of drug-likeness (QED) is 0.236. The molecule has 0 amide bonds. The summed E-state index contributed by atoms with van der Waals surface area (Å²) < 4.78 is 11.2. The fourth-order valence-electron chi connectivity index (χ4n) is 2.00. The van der Waals surface area contributed by atoms with Crippen LogP contribution in [0.4, 0.5) is 0 Å².